The Morgan fingerprint density at radius 2 is 2.07 bits per heavy atom. The monoisotopic (exact) mass is 207 g/mol. The van der Waals surface area contributed by atoms with Gasteiger partial charge in [0.25, 0.3) is 0 Å². The highest BCUT2D eigenvalue weighted by molar-refractivity contribution is 6.28. The summed E-state index contributed by atoms with van der Waals surface area (Å²) in [6, 6.07) is 6.16. The van der Waals surface area contributed by atoms with Crippen LogP contribution in [0, 0.1) is 13.8 Å². The highest BCUT2D eigenvalue weighted by Gasteiger charge is 2.05. The molecule has 4 heteroatoms. The average molecular weight is 208 g/mol. The molecular weight excluding hydrogens is 198 g/mol. The molecule has 1 aromatic heterocycles. The van der Waals surface area contributed by atoms with Crippen LogP contribution < -0.4 is 0 Å². The van der Waals surface area contributed by atoms with E-state index in [0.29, 0.717) is 5.28 Å². The van der Waals surface area contributed by atoms with E-state index in [2.05, 4.69) is 23.2 Å². The zero-order valence-electron chi connectivity index (χ0n) is 8.03. The van der Waals surface area contributed by atoms with Crippen molar-refractivity contribution in [2.24, 2.45) is 0 Å². The molecule has 0 bridgehead atoms. The molecule has 2 rings (SSSR count). The molecule has 1 heterocycles. The summed E-state index contributed by atoms with van der Waals surface area (Å²) in [5.74, 6) is 0. The summed E-state index contributed by atoms with van der Waals surface area (Å²) in [6.45, 7) is 4.10. The molecule has 14 heavy (non-hydrogen) atoms. The Hall–Kier alpha value is -1.35. The summed E-state index contributed by atoms with van der Waals surface area (Å²) >= 11 is 5.88. The van der Waals surface area contributed by atoms with Gasteiger partial charge in [0.05, 0.1) is 5.69 Å². The van der Waals surface area contributed by atoms with E-state index in [1.54, 1.807) is 10.9 Å². The maximum Gasteiger partial charge on any atom is 0.229 e. The fourth-order valence-electron chi connectivity index (χ4n) is 1.46. The third-order valence-electron chi connectivity index (χ3n) is 2.12. The highest BCUT2D eigenvalue weighted by atomic mass is 35.5. The first-order chi connectivity index (χ1) is 6.68. The molecular formula is C10H10ClN3. The van der Waals surface area contributed by atoms with Crippen molar-refractivity contribution < 1.29 is 0 Å². The molecule has 0 saturated carbocycles. The van der Waals surface area contributed by atoms with Gasteiger partial charge >= 0.3 is 0 Å². The lowest BCUT2D eigenvalue weighted by Crippen LogP contribution is -1.95. The lowest BCUT2D eigenvalue weighted by atomic mass is 10.1. The first kappa shape index (κ1) is 9.21. The first-order valence-corrected chi connectivity index (χ1v) is 4.69. The number of halogens is 1. The second-order valence-corrected chi connectivity index (χ2v) is 3.60. The van der Waals surface area contributed by atoms with Crippen molar-refractivity contribution in [2.75, 3.05) is 0 Å². The van der Waals surface area contributed by atoms with Crippen molar-refractivity contribution in [3.05, 3.63) is 40.9 Å². The predicted molar refractivity (Wildman–Crippen MR) is 55.8 cm³/mol. The Bertz CT molecular complexity index is 462. The number of benzene rings is 1. The van der Waals surface area contributed by atoms with Crippen molar-refractivity contribution in [3.63, 3.8) is 0 Å². The first-order valence-electron chi connectivity index (χ1n) is 4.31. The fraction of sp³-hybridized carbons (Fsp3) is 0.200. The van der Waals surface area contributed by atoms with Gasteiger partial charge in [0.2, 0.25) is 5.28 Å². The quantitative estimate of drug-likeness (QED) is 0.720. The molecule has 0 fully saturated rings. The SMILES string of the molecule is Cc1ccc(-n2cnnc2Cl)c(C)c1. The van der Waals surface area contributed by atoms with Crippen molar-refractivity contribution in [1.29, 1.82) is 0 Å². The zero-order valence-corrected chi connectivity index (χ0v) is 8.78. The minimum Gasteiger partial charge on any atom is -0.272 e. The third-order valence-corrected chi connectivity index (χ3v) is 2.38. The predicted octanol–water partition coefficient (Wildman–Crippen LogP) is 2.54. The number of hydrogen-bond acceptors (Lipinski definition) is 2. The zero-order chi connectivity index (χ0) is 10.1. The second-order valence-electron chi connectivity index (χ2n) is 3.26. The fourth-order valence-corrected chi connectivity index (χ4v) is 1.64. The van der Waals surface area contributed by atoms with E-state index in [-0.39, 0.29) is 0 Å². The summed E-state index contributed by atoms with van der Waals surface area (Å²) in [5.41, 5.74) is 3.41. The maximum atomic E-state index is 5.88. The van der Waals surface area contributed by atoms with Crippen LogP contribution in [0.2, 0.25) is 5.28 Å². The standard InChI is InChI=1S/C10H10ClN3/c1-7-3-4-9(8(2)5-7)14-6-12-13-10(14)11/h3-6H,1-2H3. The number of nitrogens with zero attached hydrogens (tertiary/aromatic N) is 3. The van der Waals surface area contributed by atoms with Gasteiger partial charge in [-0.15, -0.1) is 10.2 Å². The summed E-state index contributed by atoms with van der Waals surface area (Å²) < 4.78 is 1.76. The van der Waals surface area contributed by atoms with Crippen molar-refractivity contribution in [3.8, 4) is 5.69 Å². The van der Waals surface area contributed by atoms with Crippen LogP contribution in [0.1, 0.15) is 11.1 Å². The van der Waals surface area contributed by atoms with E-state index in [1.807, 2.05) is 19.1 Å². The molecule has 0 unspecified atom stereocenters. The van der Waals surface area contributed by atoms with Gasteiger partial charge in [0.15, 0.2) is 0 Å². The summed E-state index contributed by atoms with van der Waals surface area (Å²) in [6.07, 6.45) is 1.61. The van der Waals surface area contributed by atoms with E-state index in [4.69, 9.17) is 11.6 Å². The minimum atomic E-state index is 0.386. The molecule has 3 nitrogen and oxygen atoms in total. The Labute approximate surface area is 87.3 Å². The molecule has 0 spiro atoms. The second kappa shape index (κ2) is 3.42. The summed E-state index contributed by atoms with van der Waals surface area (Å²) in [4.78, 5) is 0. The Balaban J connectivity index is 2.58. The van der Waals surface area contributed by atoms with Gasteiger partial charge in [-0.3, -0.25) is 4.57 Å². The van der Waals surface area contributed by atoms with E-state index in [1.165, 1.54) is 5.56 Å². The van der Waals surface area contributed by atoms with E-state index >= 15 is 0 Å². The number of aryl methyl sites for hydroxylation is 2. The van der Waals surface area contributed by atoms with Gasteiger partial charge in [0.1, 0.15) is 6.33 Å². The van der Waals surface area contributed by atoms with Crippen molar-refractivity contribution in [1.82, 2.24) is 14.8 Å². The average Bonchev–Trinajstić information content (AvgIpc) is 2.52. The van der Waals surface area contributed by atoms with E-state index < -0.39 is 0 Å². The summed E-state index contributed by atoms with van der Waals surface area (Å²) in [7, 11) is 0. The lowest BCUT2D eigenvalue weighted by Gasteiger charge is -2.07. The number of hydrogen-bond donors (Lipinski definition) is 0. The van der Waals surface area contributed by atoms with Crippen LogP contribution in [0.5, 0.6) is 0 Å². The molecule has 0 saturated heterocycles. The maximum absolute atomic E-state index is 5.88. The molecule has 0 N–H and O–H groups in total. The summed E-state index contributed by atoms with van der Waals surface area (Å²) in [5, 5.41) is 7.86. The Morgan fingerprint density at radius 3 is 2.64 bits per heavy atom. The third kappa shape index (κ3) is 1.51. The van der Waals surface area contributed by atoms with E-state index in [0.717, 1.165) is 11.3 Å². The van der Waals surface area contributed by atoms with Crippen molar-refractivity contribution in [2.45, 2.75) is 13.8 Å². The minimum absolute atomic E-state index is 0.386. The molecule has 0 radical (unpaired) electrons. The molecule has 0 aliphatic carbocycles. The van der Waals surface area contributed by atoms with Crippen LogP contribution in [0.15, 0.2) is 24.5 Å². The molecule has 0 atom stereocenters. The van der Waals surface area contributed by atoms with E-state index in [9.17, 15) is 0 Å². The van der Waals surface area contributed by atoms with Crippen LogP contribution >= 0.6 is 11.6 Å². The van der Waals surface area contributed by atoms with Crippen molar-refractivity contribution >= 4 is 11.6 Å². The van der Waals surface area contributed by atoms with Gasteiger partial charge in [-0.05, 0) is 37.1 Å². The van der Waals surface area contributed by atoms with Gasteiger partial charge in [-0.25, -0.2) is 0 Å². The van der Waals surface area contributed by atoms with Gasteiger partial charge in [-0.1, -0.05) is 17.7 Å². The van der Waals surface area contributed by atoms with Crippen LogP contribution in [-0.2, 0) is 0 Å². The van der Waals surface area contributed by atoms with Crippen LogP contribution in [0.4, 0.5) is 0 Å². The smallest absolute Gasteiger partial charge is 0.229 e. The molecule has 2 aromatic rings. The number of aromatic nitrogens is 3. The number of rotatable bonds is 1. The lowest BCUT2D eigenvalue weighted by molar-refractivity contribution is 1.04. The Morgan fingerprint density at radius 1 is 1.29 bits per heavy atom. The highest BCUT2D eigenvalue weighted by Crippen LogP contribution is 2.18. The molecule has 0 aliphatic rings. The normalized spacial score (nSPS) is 10.5. The van der Waals surface area contributed by atoms with Gasteiger partial charge < -0.3 is 0 Å². The van der Waals surface area contributed by atoms with Crippen LogP contribution in [0.25, 0.3) is 5.69 Å². The van der Waals surface area contributed by atoms with Gasteiger partial charge in [0, 0.05) is 0 Å². The van der Waals surface area contributed by atoms with Gasteiger partial charge in [-0.2, -0.15) is 0 Å². The van der Waals surface area contributed by atoms with Crippen LogP contribution in [0.3, 0.4) is 0 Å². The largest absolute Gasteiger partial charge is 0.272 e. The molecule has 72 valence electrons. The van der Waals surface area contributed by atoms with Crippen LogP contribution in [-0.4, -0.2) is 14.8 Å². The molecule has 0 amide bonds. The Kier molecular flexibility index (Phi) is 2.25. The topological polar surface area (TPSA) is 30.7 Å². The molecule has 1 aromatic carbocycles. The molecule has 0 aliphatic heterocycles.